The molecule has 0 saturated heterocycles. The van der Waals surface area contributed by atoms with Crippen LogP contribution in [0.25, 0.3) is 0 Å². The normalized spacial score (nSPS) is 17.3. The zero-order valence-electron chi connectivity index (χ0n) is 18.5. The van der Waals surface area contributed by atoms with Gasteiger partial charge in [0.15, 0.2) is 0 Å². The third-order valence-corrected chi connectivity index (χ3v) is 14.0. The van der Waals surface area contributed by atoms with Crippen LogP contribution in [0.1, 0.15) is 81.1 Å². The molecule has 0 spiro atoms. The Bertz CT molecular complexity index is 253. The monoisotopic (exact) mass is 464 g/mol. The van der Waals surface area contributed by atoms with Crippen LogP contribution in [0.15, 0.2) is 0 Å². The molecule has 152 valence electrons. The average molecular weight is 463 g/mol. The molecular formula is C20H48N4Sn. The third kappa shape index (κ3) is 11.9. The Hall–Kier alpha value is 0.639. The van der Waals surface area contributed by atoms with E-state index in [4.69, 9.17) is 0 Å². The van der Waals surface area contributed by atoms with Crippen LogP contribution < -0.4 is 14.2 Å². The summed E-state index contributed by atoms with van der Waals surface area (Å²) in [7, 11) is 0. The second-order valence-electron chi connectivity index (χ2n) is 8.33. The Labute approximate surface area is 164 Å². The molecule has 0 bridgehead atoms. The minimum atomic E-state index is -3.00. The van der Waals surface area contributed by atoms with Gasteiger partial charge in [-0.3, -0.25) is 0 Å². The van der Waals surface area contributed by atoms with Crippen molar-refractivity contribution in [1.82, 2.24) is 14.2 Å². The quantitative estimate of drug-likeness (QED) is 0.262. The van der Waals surface area contributed by atoms with Gasteiger partial charge in [0.05, 0.1) is 0 Å². The Morgan fingerprint density at radius 1 is 0.480 bits per heavy atom. The fourth-order valence-corrected chi connectivity index (χ4v) is 11.9. The Morgan fingerprint density at radius 3 is 0.840 bits per heavy atom. The predicted molar refractivity (Wildman–Crippen MR) is 116 cm³/mol. The zero-order valence-corrected chi connectivity index (χ0v) is 21.3. The molecule has 0 aliphatic carbocycles. The molecule has 4 nitrogen and oxygen atoms in total. The molecule has 0 aliphatic heterocycles. The van der Waals surface area contributed by atoms with Crippen LogP contribution >= 0.6 is 0 Å². The maximum absolute atomic E-state index is 4.00. The fraction of sp³-hybridized carbons (Fsp3) is 1.00. The fourth-order valence-electron chi connectivity index (χ4n) is 2.26. The van der Waals surface area contributed by atoms with E-state index in [1.165, 1.54) is 25.7 Å². The van der Waals surface area contributed by atoms with Crippen molar-refractivity contribution >= 4 is 19.5 Å². The van der Waals surface area contributed by atoms with Crippen molar-refractivity contribution in [2.45, 2.75) is 81.1 Å². The first-order valence-electron chi connectivity index (χ1n) is 10.8. The Morgan fingerprint density at radius 2 is 0.680 bits per heavy atom. The summed E-state index contributed by atoms with van der Waals surface area (Å²) in [6.07, 6.45) is 4.93. The van der Waals surface area contributed by atoms with Gasteiger partial charge < -0.3 is 0 Å². The van der Waals surface area contributed by atoms with E-state index in [9.17, 15) is 0 Å². The van der Waals surface area contributed by atoms with E-state index in [1.807, 2.05) is 0 Å². The minimum absolute atomic E-state index is 0.720. The molecule has 0 amide bonds. The van der Waals surface area contributed by atoms with Crippen molar-refractivity contribution < 1.29 is 0 Å². The van der Waals surface area contributed by atoms with Gasteiger partial charge in [-0.25, -0.2) is 0 Å². The molecule has 0 radical (unpaired) electrons. The van der Waals surface area contributed by atoms with E-state index in [-0.39, 0.29) is 0 Å². The van der Waals surface area contributed by atoms with Crippen molar-refractivity contribution in [3.8, 4) is 0 Å². The van der Waals surface area contributed by atoms with Crippen LogP contribution in [0.5, 0.6) is 0 Å². The summed E-state index contributed by atoms with van der Waals surface area (Å²) in [5, 5.41) is 0. The van der Waals surface area contributed by atoms with Gasteiger partial charge in [0, 0.05) is 0 Å². The average Bonchev–Trinajstić information content (AvgIpc) is 2.65. The summed E-state index contributed by atoms with van der Waals surface area (Å²) in [5.41, 5.74) is 0. The molecule has 0 aromatic heterocycles. The summed E-state index contributed by atoms with van der Waals surface area (Å²) >= 11 is -3.00. The van der Waals surface area contributed by atoms with Gasteiger partial charge in [-0.05, 0) is 0 Å². The van der Waals surface area contributed by atoms with Crippen LogP contribution in [0, 0.1) is 23.7 Å². The first kappa shape index (κ1) is 25.6. The zero-order chi connectivity index (χ0) is 19.3. The summed E-state index contributed by atoms with van der Waals surface area (Å²) in [6, 6.07) is 0. The first-order valence-corrected chi connectivity index (χ1v) is 16.5. The van der Waals surface area contributed by atoms with Crippen molar-refractivity contribution in [2.24, 2.45) is 23.7 Å². The molecule has 0 aliphatic rings. The molecule has 0 aromatic rings. The van der Waals surface area contributed by atoms with E-state index in [2.05, 4.69) is 69.5 Å². The first-order chi connectivity index (χ1) is 11.8. The maximum atomic E-state index is 4.00. The van der Waals surface area contributed by atoms with Gasteiger partial charge in [-0.15, -0.1) is 0 Å². The van der Waals surface area contributed by atoms with Crippen LogP contribution in [0.2, 0.25) is 0 Å². The number of rotatable bonds is 16. The predicted octanol–water partition coefficient (Wildman–Crippen LogP) is 3.96. The molecule has 0 rings (SSSR count). The van der Waals surface area contributed by atoms with Gasteiger partial charge in [-0.1, -0.05) is 0 Å². The molecule has 0 aromatic carbocycles. The molecule has 0 heterocycles. The van der Waals surface area contributed by atoms with Gasteiger partial charge in [0.25, 0.3) is 0 Å². The van der Waals surface area contributed by atoms with Crippen molar-refractivity contribution in [3.05, 3.63) is 0 Å². The van der Waals surface area contributed by atoms with E-state index < -0.39 is 19.5 Å². The van der Waals surface area contributed by atoms with Gasteiger partial charge in [-0.2, -0.15) is 0 Å². The second-order valence-corrected chi connectivity index (χ2v) is 16.6. The van der Waals surface area contributed by atoms with Crippen LogP contribution in [-0.4, -0.2) is 45.6 Å². The summed E-state index contributed by atoms with van der Waals surface area (Å²) < 4.78 is 16.0. The number of hydrogen-bond acceptors (Lipinski definition) is 4. The van der Waals surface area contributed by atoms with Crippen LogP contribution in [-0.2, 0) is 0 Å². The molecule has 4 N–H and O–H groups in total. The van der Waals surface area contributed by atoms with Gasteiger partial charge in [0.1, 0.15) is 0 Å². The summed E-state index contributed by atoms with van der Waals surface area (Å²) in [6.45, 7) is 22.9. The van der Waals surface area contributed by atoms with Gasteiger partial charge >= 0.3 is 165 Å². The van der Waals surface area contributed by atoms with Crippen LogP contribution in [0.3, 0.4) is 0 Å². The molecule has 0 unspecified atom stereocenters. The molecule has 25 heavy (non-hydrogen) atoms. The van der Waals surface area contributed by atoms with Crippen molar-refractivity contribution in [1.29, 1.82) is 0 Å². The standard InChI is InChI=1S/4C5H12N.Sn/c4*1-3-5(2)4-6;/h4*5-6H,3-4H2,1-2H3;/q4*-1;+4/t4*5-;/m0000./s1. The summed E-state index contributed by atoms with van der Waals surface area (Å²) in [4.78, 5) is 0. The van der Waals surface area contributed by atoms with Crippen LogP contribution in [0.4, 0.5) is 0 Å². The van der Waals surface area contributed by atoms with E-state index >= 15 is 0 Å². The number of hydrogen-bond donors (Lipinski definition) is 4. The van der Waals surface area contributed by atoms with E-state index in [0.717, 1.165) is 49.9 Å². The molecule has 4 atom stereocenters. The SMILES string of the molecule is CC[C@H](C)C[NH][Sn]([NH]C[C@@H](C)CC)([NH]C[C@@H](C)CC)[NH]C[C@@H](C)CC. The van der Waals surface area contributed by atoms with Crippen molar-refractivity contribution in [2.75, 3.05) is 26.2 Å². The van der Waals surface area contributed by atoms with Crippen molar-refractivity contribution in [3.63, 3.8) is 0 Å². The topological polar surface area (TPSA) is 48.1 Å². The molecule has 5 heteroatoms. The molecule has 0 fully saturated rings. The molecule has 0 saturated carbocycles. The third-order valence-electron chi connectivity index (χ3n) is 5.65. The second kappa shape index (κ2) is 14.7. The Kier molecular flexibility index (Phi) is 15.0. The van der Waals surface area contributed by atoms with Gasteiger partial charge in [0.2, 0.25) is 0 Å². The van der Waals surface area contributed by atoms with E-state index in [0.29, 0.717) is 0 Å². The van der Waals surface area contributed by atoms with E-state index in [1.54, 1.807) is 0 Å². The number of nitrogens with one attached hydrogen (secondary N) is 4. The Balaban J connectivity index is 5.11. The summed E-state index contributed by atoms with van der Waals surface area (Å²) in [5.74, 6) is 2.88. The molecular weight excluding hydrogens is 415 g/mol.